The Labute approximate surface area is 131 Å². The third-order valence-electron chi connectivity index (χ3n) is 4.17. The Morgan fingerprint density at radius 3 is 2.50 bits per heavy atom. The van der Waals surface area contributed by atoms with E-state index in [2.05, 4.69) is 24.1 Å². The molecule has 0 atom stereocenters. The third-order valence-corrected chi connectivity index (χ3v) is 4.17. The first-order valence-corrected chi connectivity index (χ1v) is 7.90. The maximum Gasteiger partial charge on any atom is 0.326 e. The molecule has 0 aliphatic carbocycles. The highest BCUT2D eigenvalue weighted by molar-refractivity contribution is 6.08. The Hall–Kier alpha value is -1.63. The number of hydrogen-bond acceptors (Lipinski definition) is 5. The molecule has 0 aromatic carbocycles. The number of carbonyl (C=O) groups is 3. The average Bonchev–Trinajstić information content (AvgIpc) is 2.66. The van der Waals surface area contributed by atoms with Crippen LogP contribution in [0, 0.1) is 5.92 Å². The summed E-state index contributed by atoms with van der Waals surface area (Å²) in [5, 5.41) is 2.79. The molecule has 2 saturated heterocycles. The van der Waals surface area contributed by atoms with Crippen molar-refractivity contribution in [2.45, 2.75) is 39.2 Å². The number of nitrogens with zero attached hydrogens (tertiary/aromatic N) is 2. The number of piperidine rings is 1. The molecule has 1 spiro atoms. The van der Waals surface area contributed by atoms with Crippen LogP contribution in [0.4, 0.5) is 4.79 Å². The Morgan fingerprint density at radius 2 is 1.95 bits per heavy atom. The van der Waals surface area contributed by atoms with E-state index in [4.69, 9.17) is 4.74 Å². The zero-order valence-corrected chi connectivity index (χ0v) is 13.6. The average molecular weight is 311 g/mol. The van der Waals surface area contributed by atoms with Crippen molar-refractivity contribution in [2.24, 2.45) is 5.92 Å². The second-order valence-electron chi connectivity index (χ2n) is 6.40. The summed E-state index contributed by atoms with van der Waals surface area (Å²) in [6.45, 7) is 8.48. The van der Waals surface area contributed by atoms with Crippen LogP contribution in [-0.2, 0) is 14.3 Å². The number of rotatable bonds is 5. The standard InChI is InChI=1S/C15H25N3O4/c1-4-22-12(19)10-18-13(20)15(16-14(18)21)5-7-17(8-6-15)9-11(2)3/h11H,4-10H2,1-3H3,(H,16,21). The van der Waals surface area contributed by atoms with Gasteiger partial charge >= 0.3 is 12.0 Å². The van der Waals surface area contributed by atoms with Gasteiger partial charge in [-0.2, -0.15) is 0 Å². The highest BCUT2D eigenvalue weighted by Gasteiger charge is 2.52. The second-order valence-corrected chi connectivity index (χ2v) is 6.40. The lowest BCUT2D eigenvalue weighted by Crippen LogP contribution is -2.55. The summed E-state index contributed by atoms with van der Waals surface area (Å²) in [7, 11) is 0. The topological polar surface area (TPSA) is 79.0 Å². The molecule has 7 heteroatoms. The van der Waals surface area contributed by atoms with Crippen LogP contribution in [0.5, 0.6) is 0 Å². The summed E-state index contributed by atoms with van der Waals surface area (Å²) in [6, 6.07) is -0.490. The van der Waals surface area contributed by atoms with Crippen molar-refractivity contribution in [1.29, 1.82) is 0 Å². The van der Waals surface area contributed by atoms with Gasteiger partial charge in [0.05, 0.1) is 6.61 Å². The molecule has 0 radical (unpaired) electrons. The molecule has 0 saturated carbocycles. The Kier molecular flexibility index (Phi) is 5.05. The van der Waals surface area contributed by atoms with Gasteiger partial charge in [0.25, 0.3) is 5.91 Å². The largest absolute Gasteiger partial charge is 0.465 e. The highest BCUT2D eigenvalue weighted by atomic mass is 16.5. The minimum Gasteiger partial charge on any atom is -0.465 e. The Bertz CT molecular complexity index is 456. The SMILES string of the molecule is CCOC(=O)CN1C(=O)NC2(CCN(CC(C)C)CC2)C1=O. The van der Waals surface area contributed by atoms with E-state index in [9.17, 15) is 14.4 Å². The van der Waals surface area contributed by atoms with Crippen LogP contribution < -0.4 is 5.32 Å². The zero-order chi connectivity index (χ0) is 16.3. The first kappa shape index (κ1) is 16.7. The maximum atomic E-state index is 12.6. The van der Waals surface area contributed by atoms with Gasteiger partial charge in [-0.1, -0.05) is 13.8 Å². The van der Waals surface area contributed by atoms with Crippen LogP contribution in [0.3, 0.4) is 0 Å². The van der Waals surface area contributed by atoms with E-state index in [1.807, 2.05) is 0 Å². The highest BCUT2D eigenvalue weighted by Crippen LogP contribution is 2.29. The monoisotopic (exact) mass is 311 g/mol. The fourth-order valence-electron chi connectivity index (χ4n) is 3.13. The number of esters is 1. The molecule has 2 fully saturated rings. The van der Waals surface area contributed by atoms with Gasteiger partial charge in [-0.05, 0) is 25.7 Å². The van der Waals surface area contributed by atoms with Gasteiger partial charge in [-0.3, -0.25) is 14.5 Å². The molecule has 0 bridgehead atoms. The fraction of sp³-hybridized carbons (Fsp3) is 0.800. The molecule has 1 N–H and O–H groups in total. The molecule has 2 rings (SSSR count). The number of hydrogen-bond donors (Lipinski definition) is 1. The first-order chi connectivity index (χ1) is 10.4. The van der Waals surface area contributed by atoms with Gasteiger partial charge < -0.3 is 15.0 Å². The molecular weight excluding hydrogens is 286 g/mol. The van der Waals surface area contributed by atoms with Crippen molar-refractivity contribution in [3.63, 3.8) is 0 Å². The minimum absolute atomic E-state index is 0.234. The Morgan fingerprint density at radius 1 is 1.32 bits per heavy atom. The van der Waals surface area contributed by atoms with E-state index in [1.54, 1.807) is 6.92 Å². The van der Waals surface area contributed by atoms with Gasteiger partial charge in [0, 0.05) is 19.6 Å². The molecule has 2 aliphatic heterocycles. The van der Waals surface area contributed by atoms with Gasteiger partial charge in [-0.15, -0.1) is 0 Å². The molecule has 0 aromatic rings. The van der Waals surface area contributed by atoms with Crippen LogP contribution in [-0.4, -0.2) is 66.0 Å². The smallest absolute Gasteiger partial charge is 0.326 e. The van der Waals surface area contributed by atoms with Crippen LogP contribution in [0.15, 0.2) is 0 Å². The summed E-state index contributed by atoms with van der Waals surface area (Å²) in [4.78, 5) is 39.4. The summed E-state index contributed by atoms with van der Waals surface area (Å²) < 4.78 is 4.82. The predicted octanol–water partition coefficient (Wildman–Crippen LogP) is 0.592. The lowest BCUT2D eigenvalue weighted by molar-refractivity contribution is -0.147. The van der Waals surface area contributed by atoms with E-state index in [1.165, 1.54) is 0 Å². The summed E-state index contributed by atoms with van der Waals surface area (Å²) in [5.41, 5.74) is -0.836. The van der Waals surface area contributed by atoms with Crippen molar-refractivity contribution in [3.05, 3.63) is 0 Å². The van der Waals surface area contributed by atoms with Crippen LogP contribution in [0.25, 0.3) is 0 Å². The summed E-state index contributed by atoms with van der Waals surface area (Å²) >= 11 is 0. The third kappa shape index (κ3) is 3.40. The molecular formula is C15H25N3O4. The van der Waals surface area contributed by atoms with Crippen molar-refractivity contribution in [1.82, 2.24) is 15.1 Å². The number of likely N-dealkylation sites (tertiary alicyclic amines) is 1. The van der Waals surface area contributed by atoms with Gasteiger partial charge in [0.15, 0.2) is 0 Å². The van der Waals surface area contributed by atoms with E-state index in [0.29, 0.717) is 18.8 Å². The van der Waals surface area contributed by atoms with E-state index in [-0.39, 0.29) is 19.1 Å². The number of amides is 3. The van der Waals surface area contributed by atoms with Crippen molar-refractivity contribution in [2.75, 3.05) is 32.8 Å². The van der Waals surface area contributed by atoms with Crippen molar-refractivity contribution < 1.29 is 19.1 Å². The lowest BCUT2D eigenvalue weighted by atomic mass is 9.87. The van der Waals surface area contributed by atoms with Crippen LogP contribution >= 0.6 is 0 Å². The summed E-state index contributed by atoms with van der Waals surface area (Å²) in [5.74, 6) is -0.279. The number of imide groups is 1. The quantitative estimate of drug-likeness (QED) is 0.594. The van der Waals surface area contributed by atoms with Crippen molar-refractivity contribution in [3.8, 4) is 0 Å². The maximum absolute atomic E-state index is 12.6. The van der Waals surface area contributed by atoms with Gasteiger partial charge in [0.2, 0.25) is 0 Å². The molecule has 2 aliphatic rings. The number of nitrogens with one attached hydrogen (secondary N) is 1. The summed E-state index contributed by atoms with van der Waals surface area (Å²) in [6.07, 6.45) is 1.17. The molecule has 0 unspecified atom stereocenters. The Balaban J connectivity index is 1.98. The van der Waals surface area contributed by atoms with Gasteiger partial charge in [-0.25, -0.2) is 4.79 Å². The van der Waals surface area contributed by atoms with E-state index >= 15 is 0 Å². The molecule has 124 valence electrons. The number of ether oxygens (including phenoxy) is 1. The first-order valence-electron chi connectivity index (χ1n) is 7.90. The fourth-order valence-corrected chi connectivity index (χ4v) is 3.13. The predicted molar refractivity (Wildman–Crippen MR) is 80.1 cm³/mol. The van der Waals surface area contributed by atoms with Crippen LogP contribution in [0.2, 0.25) is 0 Å². The normalized spacial score (nSPS) is 21.5. The molecule has 0 aromatic heterocycles. The van der Waals surface area contributed by atoms with E-state index in [0.717, 1.165) is 24.5 Å². The van der Waals surface area contributed by atoms with E-state index < -0.39 is 17.5 Å². The zero-order valence-electron chi connectivity index (χ0n) is 13.6. The lowest BCUT2D eigenvalue weighted by Gasteiger charge is -2.37. The molecule has 22 heavy (non-hydrogen) atoms. The second kappa shape index (κ2) is 6.64. The number of carbonyl (C=O) groups excluding carboxylic acids is 3. The van der Waals surface area contributed by atoms with Gasteiger partial charge in [0.1, 0.15) is 12.1 Å². The molecule has 7 nitrogen and oxygen atoms in total. The minimum atomic E-state index is -0.836. The number of urea groups is 1. The molecule has 2 heterocycles. The van der Waals surface area contributed by atoms with Crippen molar-refractivity contribution >= 4 is 17.9 Å². The van der Waals surface area contributed by atoms with Crippen LogP contribution in [0.1, 0.15) is 33.6 Å². The molecule has 3 amide bonds.